The van der Waals surface area contributed by atoms with Crippen LogP contribution < -0.4 is 5.32 Å². The maximum Gasteiger partial charge on any atom is 0.123 e. The third kappa shape index (κ3) is 3.03. The largest absolute Gasteiger partial charge is 0.379 e. The lowest BCUT2D eigenvalue weighted by Crippen LogP contribution is -2.01. The second kappa shape index (κ2) is 5.84. The molecular formula is C16H15N3S. The first-order valence-corrected chi connectivity index (χ1v) is 7.34. The molecule has 0 unspecified atom stereocenters. The smallest absolute Gasteiger partial charge is 0.123 e. The normalized spacial score (nSPS) is 10.4. The molecule has 0 bridgehead atoms. The number of pyridine rings is 1. The fraction of sp³-hybridized carbons (Fsp3) is 0.125. The lowest BCUT2D eigenvalue weighted by molar-refractivity contribution is 1.04. The number of anilines is 1. The Morgan fingerprint density at radius 2 is 2.10 bits per heavy atom. The van der Waals surface area contributed by atoms with E-state index in [4.69, 9.17) is 0 Å². The summed E-state index contributed by atoms with van der Waals surface area (Å²) < 4.78 is 0. The second-order valence-corrected chi connectivity index (χ2v) is 5.49. The molecule has 0 aliphatic rings. The van der Waals surface area contributed by atoms with Crippen LogP contribution in [0.1, 0.15) is 11.3 Å². The van der Waals surface area contributed by atoms with Gasteiger partial charge in [0.05, 0.1) is 12.2 Å². The van der Waals surface area contributed by atoms with Crippen LogP contribution in [0.15, 0.2) is 54.2 Å². The van der Waals surface area contributed by atoms with Crippen molar-refractivity contribution in [3.8, 4) is 10.6 Å². The van der Waals surface area contributed by atoms with Crippen molar-refractivity contribution in [3.63, 3.8) is 0 Å². The van der Waals surface area contributed by atoms with Gasteiger partial charge in [0.25, 0.3) is 0 Å². The van der Waals surface area contributed by atoms with Gasteiger partial charge < -0.3 is 5.32 Å². The molecule has 0 atom stereocenters. The molecule has 0 saturated heterocycles. The lowest BCUT2D eigenvalue weighted by Gasteiger charge is -2.07. The van der Waals surface area contributed by atoms with Gasteiger partial charge in [0.2, 0.25) is 0 Å². The van der Waals surface area contributed by atoms with E-state index in [1.165, 1.54) is 5.56 Å². The molecule has 3 nitrogen and oxygen atoms in total. The molecule has 0 spiro atoms. The number of aryl methyl sites for hydroxylation is 1. The molecule has 0 saturated carbocycles. The zero-order valence-electron chi connectivity index (χ0n) is 11.2. The number of nitrogens with one attached hydrogen (secondary N) is 1. The molecule has 4 heteroatoms. The van der Waals surface area contributed by atoms with Gasteiger partial charge in [-0.05, 0) is 30.7 Å². The summed E-state index contributed by atoms with van der Waals surface area (Å²) in [6.45, 7) is 2.77. The Bertz CT molecular complexity index is 675. The van der Waals surface area contributed by atoms with Gasteiger partial charge in [-0.2, -0.15) is 0 Å². The van der Waals surface area contributed by atoms with Crippen molar-refractivity contribution in [3.05, 3.63) is 65.4 Å². The van der Waals surface area contributed by atoms with Gasteiger partial charge >= 0.3 is 0 Å². The maximum atomic E-state index is 4.39. The Balaban J connectivity index is 1.72. The number of thiazole rings is 1. The van der Waals surface area contributed by atoms with E-state index in [0.717, 1.165) is 28.5 Å². The maximum absolute atomic E-state index is 4.39. The minimum Gasteiger partial charge on any atom is -0.379 e. The first-order chi connectivity index (χ1) is 9.81. The second-order valence-electron chi connectivity index (χ2n) is 4.60. The lowest BCUT2D eigenvalue weighted by atomic mass is 10.2. The number of aromatic nitrogens is 2. The zero-order valence-corrected chi connectivity index (χ0v) is 12.0. The molecule has 0 aliphatic carbocycles. The third-order valence-corrected chi connectivity index (χ3v) is 3.81. The van der Waals surface area contributed by atoms with Crippen LogP contribution in [0.3, 0.4) is 0 Å². The summed E-state index contributed by atoms with van der Waals surface area (Å²) in [5.41, 5.74) is 4.44. The van der Waals surface area contributed by atoms with Crippen molar-refractivity contribution < 1.29 is 0 Å². The molecule has 100 valence electrons. The van der Waals surface area contributed by atoms with Crippen LogP contribution in [0.25, 0.3) is 10.6 Å². The average Bonchev–Trinajstić information content (AvgIpc) is 3.01. The Morgan fingerprint density at radius 1 is 1.15 bits per heavy atom. The van der Waals surface area contributed by atoms with Crippen LogP contribution in [0.5, 0.6) is 0 Å². The van der Waals surface area contributed by atoms with E-state index in [-0.39, 0.29) is 0 Å². The standard InChI is InChI=1S/C16H15N3S/c1-12-5-6-15(18-10-12)11-19-14-4-2-3-13(9-14)16-17-7-8-20-16/h2-10,19H,11H2,1H3. The predicted molar refractivity (Wildman–Crippen MR) is 83.9 cm³/mol. The van der Waals surface area contributed by atoms with Crippen molar-refractivity contribution in [1.29, 1.82) is 0 Å². The van der Waals surface area contributed by atoms with Gasteiger partial charge in [0.1, 0.15) is 5.01 Å². The number of hydrogen-bond donors (Lipinski definition) is 1. The van der Waals surface area contributed by atoms with E-state index in [1.54, 1.807) is 11.3 Å². The number of rotatable bonds is 4. The summed E-state index contributed by atoms with van der Waals surface area (Å²) in [5.74, 6) is 0. The van der Waals surface area contributed by atoms with Crippen LogP contribution in [-0.4, -0.2) is 9.97 Å². The fourth-order valence-electron chi connectivity index (χ4n) is 1.92. The molecule has 2 aromatic heterocycles. The Labute approximate surface area is 122 Å². The summed E-state index contributed by atoms with van der Waals surface area (Å²) in [6.07, 6.45) is 3.72. The summed E-state index contributed by atoms with van der Waals surface area (Å²) in [4.78, 5) is 8.73. The minimum atomic E-state index is 0.724. The summed E-state index contributed by atoms with van der Waals surface area (Å²) in [7, 11) is 0. The zero-order chi connectivity index (χ0) is 13.8. The van der Waals surface area contributed by atoms with Crippen LogP contribution in [0.4, 0.5) is 5.69 Å². The van der Waals surface area contributed by atoms with E-state index in [2.05, 4.69) is 39.6 Å². The van der Waals surface area contributed by atoms with Crippen molar-refractivity contribution in [2.24, 2.45) is 0 Å². The first kappa shape index (κ1) is 12.8. The number of nitrogens with zero attached hydrogens (tertiary/aromatic N) is 2. The summed E-state index contributed by atoms with van der Waals surface area (Å²) in [6, 6.07) is 12.4. The van der Waals surface area contributed by atoms with Gasteiger partial charge in [-0.1, -0.05) is 18.2 Å². The molecule has 1 N–H and O–H groups in total. The highest BCUT2D eigenvalue weighted by molar-refractivity contribution is 7.13. The van der Waals surface area contributed by atoms with Crippen molar-refractivity contribution in [2.45, 2.75) is 13.5 Å². The van der Waals surface area contributed by atoms with E-state index >= 15 is 0 Å². The summed E-state index contributed by atoms with van der Waals surface area (Å²) in [5, 5.41) is 6.43. The Hall–Kier alpha value is -2.20. The van der Waals surface area contributed by atoms with E-state index < -0.39 is 0 Å². The van der Waals surface area contributed by atoms with Crippen molar-refractivity contribution in [2.75, 3.05) is 5.32 Å². The molecule has 0 fully saturated rings. The minimum absolute atomic E-state index is 0.724. The Morgan fingerprint density at radius 3 is 2.85 bits per heavy atom. The molecule has 20 heavy (non-hydrogen) atoms. The van der Waals surface area contributed by atoms with E-state index in [9.17, 15) is 0 Å². The van der Waals surface area contributed by atoms with Crippen LogP contribution in [-0.2, 0) is 6.54 Å². The van der Waals surface area contributed by atoms with Crippen molar-refractivity contribution in [1.82, 2.24) is 9.97 Å². The van der Waals surface area contributed by atoms with Crippen LogP contribution >= 0.6 is 11.3 Å². The number of benzene rings is 1. The SMILES string of the molecule is Cc1ccc(CNc2cccc(-c3nccs3)c2)nc1. The van der Waals surface area contributed by atoms with Gasteiger partial charge in [-0.25, -0.2) is 4.98 Å². The van der Waals surface area contributed by atoms with E-state index in [1.807, 2.05) is 36.8 Å². The highest BCUT2D eigenvalue weighted by atomic mass is 32.1. The van der Waals surface area contributed by atoms with Gasteiger partial charge in [0, 0.05) is 29.0 Å². The topological polar surface area (TPSA) is 37.8 Å². The molecule has 0 radical (unpaired) electrons. The average molecular weight is 281 g/mol. The molecule has 0 aliphatic heterocycles. The number of hydrogen-bond acceptors (Lipinski definition) is 4. The Kier molecular flexibility index (Phi) is 3.74. The summed E-state index contributed by atoms with van der Waals surface area (Å²) >= 11 is 1.65. The first-order valence-electron chi connectivity index (χ1n) is 6.46. The molecule has 3 aromatic rings. The predicted octanol–water partition coefficient (Wildman–Crippen LogP) is 4.13. The monoisotopic (exact) mass is 281 g/mol. The van der Waals surface area contributed by atoms with E-state index in [0.29, 0.717) is 0 Å². The van der Waals surface area contributed by atoms with Crippen LogP contribution in [0, 0.1) is 6.92 Å². The van der Waals surface area contributed by atoms with Gasteiger partial charge in [0.15, 0.2) is 0 Å². The highest BCUT2D eigenvalue weighted by Crippen LogP contribution is 2.24. The van der Waals surface area contributed by atoms with Gasteiger partial charge in [-0.3, -0.25) is 4.98 Å². The molecule has 2 heterocycles. The molecular weight excluding hydrogens is 266 g/mol. The molecule has 1 aromatic carbocycles. The quantitative estimate of drug-likeness (QED) is 0.781. The molecule has 3 rings (SSSR count). The highest BCUT2D eigenvalue weighted by Gasteiger charge is 2.01. The van der Waals surface area contributed by atoms with Gasteiger partial charge in [-0.15, -0.1) is 11.3 Å². The fourth-order valence-corrected chi connectivity index (χ4v) is 2.56. The molecule has 0 amide bonds. The van der Waals surface area contributed by atoms with Crippen LogP contribution in [0.2, 0.25) is 0 Å². The van der Waals surface area contributed by atoms with Crippen molar-refractivity contribution >= 4 is 17.0 Å². The third-order valence-electron chi connectivity index (χ3n) is 2.99.